The average molecular weight is 434 g/mol. The van der Waals surface area contributed by atoms with Crippen LogP contribution in [-0.2, 0) is 16.0 Å². The molecule has 2 atom stereocenters. The highest BCUT2D eigenvalue weighted by Crippen LogP contribution is 2.39. The summed E-state index contributed by atoms with van der Waals surface area (Å²) in [5.41, 5.74) is 2.90. The van der Waals surface area contributed by atoms with Crippen molar-refractivity contribution in [2.75, 3.05) is 13.7 Å². The number of ketones is 2. The zero-order valence-electron chi connectivity index (χ0n) is 17.4. The van der Waals surface area contributed by atoms with Crippen LogP contribution in [-0.4, -0.2) is 36.0 Å². The highest BCUT2D eigenvalue weighted by atomic mass is 32.1. The third-order valence-corrected chi connectivity index (χ3v) is 6.56. The van der Waals surface area contributed by atoms with Crippen molar-refractivity contribution in [3.8, 4) is 5.75 Å². The van der Waals surface area contributed by atoms with Gasteiger partial charge in [0, 0.05) is 6.54 Å². The molecule has 1 fully saturated rings. The van der Waals surface area contributed by atoms with Gasteiger partial charge in [0.15, 0.2) is 5.78 Å². The van der Waals surface area contributed by atoms with Crippen molar-refractivity contribution in [1.82, 2.24) is 4.90 Å². The van der Waals surface area contributed by atoms with E-state index in [-0.39, 0.29) is 5.78 Å². The smallest absolute Gasteiger partial charge is 0.291 e. The van der Waals surface area contributed by atoms with E-state index in [1.807, 2.05) is 55.5 Å². The van der Waals surface area contributed by atoms with E-state index in [9.17, 15) is 14.4 Å². The van der Waals surface area contributed by atoms with E-state index in [1.54, 1.807) is 29.5 Å². The molecule has 0 aliphatic carbocycles. The minimum Gasteiger partial charge on any atom is -0.497 e. The maximum atomic E-state index is 13.2. The van der Waals surface area contributed by atoms with Crippen molar-refractivity contribution in [3.05, 3.63) is 87.6 Å². The number of hydrogen-bond acceptors (Lipinski definition) is 5. The summed E-state index contributed by atoms with van der Waals surface area (Å²) >= 11 is 1.29. The van der Waals surface area contributed by atoms with Crippen LogP contribution in [0.2, 0.25) is 0 Å². The predicted molar refractivity (Wildman–Crippen MR) is 119 cm³/mol. The van der Waals surface area contributed by atoms with Gasteiger partial charge in [-0.15, -0.1) is 11.3 Å². The van der Waals surface area contributed by atoms with Gasteiger partial charge in [-0.2, -0.15) is 0 Å². The summed E-state index contributed by atoms with van der Waals surface area (Å²) in [4.78, 5) is 41.2. The Bertz CT molecular complexity index is 1090. The monoisotopic (exact) mass is 433 g/mol. The SMILES string of the molecule is COc1ccc(CCN2C(=O)C(=O)C(C(=O)c3cccs3)C2c2ccc(C)cc2)cc1. The molecule has 1 aromatic heterocycles. The number of Topliss-reactive ketones (excluding diaryl/α,β-unsaturated/α-hetero) is 2. The molecule has 1 aliphatic heterocycles. The van der Waals surface area contributed by atoms with E-state index < -0.39 is 23.7 Å². The molecule has 4 rings (SSSR count). The summed E-state index contributed by atoms with van der Waals surface area (Å²) in [6.45, 7) is 2.33. The van der Waals surface area contributed by atoms with E-state index in [4.69, 9.17) is 4.74 Å². The quantitative estimate of drug-likeness (QED) is 0.317. The second-order valence-electron chi connectivity index (χ2n) is 7.64. The Balaban J connectivity index is 1.66. The van der Waals surface area contributed by atoms with Gasteiger partial charge in [0.2, 0.25) is 5.78 Å². The number of likely N-dealkylation sites (tertiary alicyclic amines) is 1. The summed E-state index contributed by atoms with van der Waals surface area (Å²) in [6, 6.07) is 18.2. The third kappa shape index (κ3) is 4.16. The topological polar surface area (TPSA) is 63.7 Å². The molecule has 0 spiro atoms. The maximum absolute atomic E-state index is 13.2. The molecule has 31 heavy (non-hydrogen) atoms. The van der Waals surface area contributed by atoms with Crippen LogP contribution in [0.1, 0.15) is 32.4 Å². The Morgan fingerprint density at radius 1 is 1.03 bits per heavy atom. The maximum Gasteiger partial charge on any atom is 0.291 e. The molecule has 158 valence electrons. The molecule has 2 aromatic carbocycles. The lowest BCUT2D eigenvalue weighted by atomic mass is 9.88. The van der Waals surface area contributed by atoms with Gasteiger partial charge in [-0.3, -0.25) is 14.4 Å². The predicted octanol–water partition coefficient (Wildman–Crippen LogP) is 4.26. The van der Waals surface area contributed by atoms with Gasteiger partial charge in [0.05, 0.1) is 18.0 Å². The normalized spacial score (nSPS) is 18.5. The van der Waals surface area contributed by atoms with Gasteiger partial charge >= 0.3 is 0 Å². The first-order chi connectivity index (χ1) is 15.0. The number of thiophene rings is 1. The molecule has 1 saturated heterocycles. The summed E-state index contributed by atoms with van der Waals surface area (Å²) in [7, 11) is 1.61. The summed E-state index contributed by atoms with van der Waals surface area (Å²) < 4.78 is 5.19. The molecule has 2 unspecified atom stereocenters. The number of aryl methyl sites for hydroxylation is 1. The molecule has 1 aliphatic rings. The highest BCUT2D eigenvalue weighted by Gasteiger charge is 2.51. The molecule has 6 heteroatoms. The standard InChI is InChI=1S/C25H23NO4S/c1-16-5-9-18(10-6-16)22-21(23(27)20-4-3-15-31-20)24(28)25(29)26(22)14-13-17-7-11-19(30-2)12-8-17/h3-12,15,21-22H,13-14H2,1-2H3. The van der Waals surface area contributed by atoms with Crippen molar-refractivity contribution in [2.24, 2.45) is 5.92 Å². The lowest BCUT2D eigenvalue weighted by Gasteiger charge is -2.27. The molecule has 0 N–H and O–H groups in total. The molecular formula is C25H23NO4S. The fourth-order valence-electron chi connectivity index (χ4n) is 3.98. The van der Waals surface area contributed by atoms with E-state index in [0.717, 1.165) is 22.4 Å². The first-order valence-electron chi connectivity index (χ1n) is 10.1. The number of rotatable bonds is 7. The van der Waals surface area contributed by atoms with Crippen LogP contribution in [0, 0.1) is 12.8 Å². The van der Waals surface area contributed by atoms with Crippen LogP contribution in [0.5, 0.6) is 5.75 Å². The van der Waals surface area contributed by atoms with Crippen LogP contribution in [0.4, 0.5) is 0 Å². The summed E-state index contributed by atoms with van der Waals surface area (Å²) in [5.74, 6) is -1.77. The largest absolute Gasteiger partial charge is 0.497 e. The number of hydrogen-bond donors (Lipinski definition) is 0. The number of carbonyl (C=O) groups is 3. The zero-order chi connectivity index (χ0) is 22.0. The Morgan fingerprint density at radius 3 is 2.35 bits per heavy atom. The van der Waals surface area contributed by atoms with Crippen LogP contribution in [0.25, 0.3) is 0 Å². The van der Waals surface area contributed by atoms with E-state index in [2.05, 4.69) is 0 Å². The summed E-state index contributed by atoms with van der Waals surface area (Å²) in [5, 5.41) is 1.80. The Labute approximate surface area is 185 Å². The Hall–Kier alpha value is -3.25. The summed E-state index contributed by atoms with van der Waals surface area (Å²) in [6.07, 6.45) is 0.575. The van der Waals surface area contributed by atoms with E-state index in [0.29, 0.717) is 17.8 Å². The van der Waals surface area contributed by atoms with Crippen molar-refractivity contribution >= 4 is 28.8 Å². The highest BCUT2D eigenvalue weighted by molar-refractivity contribution is 7.12. The molecule has 3 aromatic rings. The van der Waals surface area contributed by atoms with Crippen molar-refractivity contribution in [3.63, 3.8) is 0 Å². The number of nitrogens with zero attached hydrogens (tertiary/aromatic N) is 1. The first-order valence-corrected chi connectivity index (χ1v) is 11.0. The molecule has 0 bridgehead atoms. The van der Waals surface area contributed by atoms with Crippen molar-refractivity contribution < 1.29 is 19.1 Å². The van der Waals surface area contributed by atoms with Crippen LogP contribution in [0.15, 0.2) is 66.0 Å². The Kier molecular flexibility index (Phi) is 6.00. The second-order valence-corrected chi connectivity index (χ2v) is 8.58. The van der Waals surface area contributed by atoms with Crippen LogP contribution < -0.4 is 4.74 Å². The van der Waals surface area contributed by atoms with Crippen LogP contribution in [0.3, 0.4) is 0 Å². The molecule has 2 heterocycles. The number of ether oxygens (including phenoxy) is 1. The number of benzene rings is 2. The van der Waals surface area contributed by atoms with Crippen molar-refractivity contribution in [1.29, 1.82) is 0 Å². The number of carbonyl (C=O) groups excluding carboxylic acids is 3. The lowest BCUT2D eigenvalue weighted by molar-refractivity contribution is -0.140. The molecular weight excluding hydrogens is 410 g/mol. The van der Waals surface area contributed by atoms with Crippen LogP contribution >= 0.6 is 11.3 Å². The number of amides is 1. The molecule has 0 radical (unpaired) electrons. The fraction of sp³-hybridized carbons (Fsp3) is 0.240. The zero-order valence-corrected chi connectivity index (χ0v) is 18.2. The van der Waals surface area contributed by atoms with Gasteiger partial charge in [0.1, 0.15) is 11.7 Å². The van der Waals surface area contributed by atoms with Crippen molar-refractivity contribution in [2.45, 2.75) is 19.4 Å². The minimum atomic E-state index is -1.02. The average Bonchev–Trinajstić information content (AvgIpc) is 3.41. The third-order valence-electron chi connectivity index (χ3n) is 5.67. The van der Waals surface area contributed by atoms with Gasteiger partial charge in [-0.1, -0.05) is 48.0 Å². The van der Waals surface area contributed by atoms with E-state index in [1.165, 1.54) is 11.3 Å². The minimum absolute atomic E-state index is 0.286. The first kappa shape index (κ1) is 21.0. The lowest BCUT2D eigenvalue weighted by Crippen LogP contribution is -2.32. The molecule has 0 saturated carbocycles. The Morgan fingerprint density at radius 2 is 1.74 bits per heavy atom. The van der Waals surface area contributed by atoms with Gasteiger partial charge in [0.25, 0.3) is 5.91 Å². The fourth-order valence-corrected chi connectivity index (χ4v) is 4.68. The second kappa shape index (κ2) is 8.86. The van der Waals surface area contributed by atoms with Gasteiger partial charge in [-0.05, 0) is 48.1 Å². The van der Waals surface area contributed by atoms with Gasteiger partial charge in [-0.25, -0.2) is 0 Å². The number of methoxy groups -OCH3 is 1. The van der Waals surface area contributed by atoms with Gasteiger partial charge < -0.3 is 9.64 Å². The molecule has 1 amide bonds. The van der Waals surface area contributed by atoms with E-state index >= 15 is 0 Å². The molecule has 5 nitrogen and oxygen atoms in total.